The van der Waals surface area contributed by atoms with Gasteiger partial charge < -0.3 is 5.11 Å². The summed E-state index contributed by atoms with van der Waals surface area (Å²) in [5.41, 5.74) is 0.522. The van der Waals surface area contributed by atoms with Crippen LogP contribution in [0.3, 0.4) is 0 Å². The van der Waals surface area contributed by atoms with Crippen LogP contribution < -0.4 is 5.69 Å². The molecule has 0 unspecified atom stereocenters. The molecule has 2 N–H and O–H groups in total. The van der Waals surface area contributed by atoms with Gasteiger partial charge in [-0.2, -0.15) is 0 Å². The van der Waals surface area contributed by atoms with Crippen molar-refractivity contribution in [1.82, 2.24) is 14.8 Å². The molecule has 0 bridgehead atoms. The second-order valence-electron chi connectivity index (χ2n) is 3.83. The fraction of sp³-hybridized carbons (Fsp3) is 0.364. The molecule has 0 saturated heterocycles. The van der Waals surface area contributed by atoms with E-state index in [-0.39, 0.29) is 5.69 Å². The first-order valence-electron chi connectivity index (χ1n) is 5.71. The minimum Gasteiger partial charge on any atom is -0.477 e. The molecule has 0 aliphatic carbocycles. The van der Waals surface area contributed by atoms with Crippen LogP contribution >= 0.6 is 23.1 Å². The fourth-order valence-corrected chi connectivity index (χ4v) is 3.43. The lowest BCUT2D eigenvalue weighted by Gasteiger charge is -2.03. The van der Waals surface area contributed by atoms with Gasteiger partial charge in [-0.1, -0.05) is 18.7 Å². The lowest BCUT2D eigenvalue weighted by atomic mass is 10.3. The summed E-state index contributed by atoms with van der Waals surface area (Å²) in [6.07, 6.45) is 0.839. The molecule has 2 aromatic heterocycles. The van der Waals surface area contributed by atoms with Crippen molar-refractivity contribution in [1.29, 1.82) is 0 Å². The number of aromatic carboxylic acids is 1. The highest BCUT2D eigenvalue weighted by atomic mass is 32.2. The number of carbonyl (C=O) groups is 1. The number of carboxylic acid groups (broad SMARTS) is 1. The Morgan fingerprint density at radius 3 is 3.11 bits per heavy atom. The Bertz CT molecular complexity index is 629. The van der Waals surface area contributed by atoms with E-state index in [9.17, 15) is 9.59 Å². The number of rotatable bonds is 6. The molecule has 19 heavy (non-hydrogen) atoms. The van der Waals surface area contributed by atoms with Gasteiger partial charge in [-0.3, -0.25) is 4.57 Å². The van der Waals surface area contributed by atoms with Gasteiger partial charge >= 0.3 is 11.7 Å². The standard InChI is InChI=1S/C11H13N3O3S2/c1-2-4-14-10(17)12-13-11(14)19-6-7-3-5-18-8(7)9(15)16/h3,5H,2,4,6H2,1H3,(H,12,17)(H,15,16). The van der Waals surface area contributed by atoms with Crippen LogP contribution in [0.5, 0.6) is 0 Å². The average Bonchev–Trinajstić information content (AvgIpc) is 2.96. The minimum absolute atomic E-state index is 0.229. The molecule has 8 heteroatoms. The molecule has 0 atom stereocenters. The summed E-state index contributed by atoms with van der Waals surface area (Å²) in [6.45, 7) is 2.59. The first-order chi connectivity index (χ1) is 9.13. The topological polar surface area (TPSA) is 88.0 Å². The summed E-state index contributed by atoms with van der Waals surface area (Å²) in [5.74, 6) is -0.433. The maximum atomic E-state index is 11.5. The number of hydrogen-bond acceptors (Lipinski definition) is 5. The van der Waals surface area contributed by atoms with Crippen LogP contribution in [0.15, 0.2) is 21.4 Å². The molecule has 102 valence electrons. The summed E-state index contributed by atoms with van der Waals surface area (Å²) >= 11 is 2.56. The summed E-state index contributed by atoms with van der Waals surface area (Å²) < 4.78 is 1.57. The van der Waals surface area contributed by atoms with Gasteiger partial charge in [0.15, 0.2) is 5.16 Å². The number of aromatic nitrogens is 3. The fourth-order valence-electron chi connectivity index (χ4n) is 1.61. The van der Waals surface area contributed by atoms with Crippen LogP contribution in [0.1, 0.15) is 28.6 Å². The quantitative estimate of drug-likeness (QED) is 0.797. The highest BCUT2D eigenvalue weighted by Gasteiger charge is 2.14. The third-order valence-corrected chi connectivity index (χ3v) is 4.44. The maximum absolute atomic E-state index is 11.5. The zero-order chi connectivity index (χ0) is 13.8. The lowest BCUT2D eigenvalue weighted by molar-refractivity contribution is 0.0701. The first-order valence-corrected chi connectivity index (χ1v) is 7.57. The molecule has 0 fully saturated rings. The average molecular weight is 299 g/mol. The zero-order valence-corrected chi connectivity index (χ0v) is 11.9. The number of carboxylic acids is 1. The van der Waals surface area contributed by atoms with E-state index in [1.54, 1.807) is 16.0 Å². The molecule has 0 aliphatic heterocycles. The minimum atomic E-state index is -0.918. The van der Waals surface area contributed by atoms with Crippen LogP contribution in [-0.4, -0.2) is 25.8 Å². The Hall–Kier alpha value is -1.54. The maximum Gasteiger partial charge on any atom is 0.346 e. The molecular weight excluding hydrogens is 286 g/mol. The molecular formula is C11H13N3O3S2. The number of thiophene rings is 1. The number of H-pyrrole nitrogens is 1. The van der Waals surface area contributed by atoms with E-state index in [0.29, 0.717) is 22.3 Å². The summed E-state index contributed by atoms with van der Waals surface area (Å²) in [6, 6.07) is 1.79. The summed E-state index contributed by atoms with van der Waals surface area (Å²) in [7, 11) is 0. The van der Waals surface area contributed by atoms with Gasteiger partial charge in [-0.05, 0) is 23.4 Å². The normalized spacial score (nSPS) is 10.8. The van der Waals surface area contributed by atoms with E-state index in [1.807, 2.05) is 6.92 Å². The van der Waals surface area contributed by atoms with Crippen molar-refractivity contribution in [2.24, 2.45) is 0 Å². The van der Waals surface area contributed by atoms with Crippen LogP contribution in [0.25, 0.3) is 0 Å². The number of nitrogens with zero attached hydrogens (tertiary/aromatic N) is 2. The second kappa shape index (κ2) is 6.07. The van der Waals surface area contributed by atoms with Gasteiger partial charge in [0.1, 0.15) is 4.88 Å². The predicted molar refractivity (Wildman–Crippen MR) is 74.0 cm³/mol. The van der Waals surface area contributed by atoms with Crippen LogP contribution in [0.2, 0.25) is 0 Å². The molecule has 0 aromatic carbocycles. The number of hydrogen-bond donors (Lipinski definition) is 2. The SMILES string of the molecule is CCCn1c(SCc2ccsc2C(=O)O)n[nH]c1=O. The largest absolute Gasteiger partial charge is 0.477 e. The van der Waals surface area contributed by atoms with Crippen molar-refractivity contribution in [3.8, 4) is 0 Å². The molecule has 0 radical (unpaired) electrons. The summed E-state index contributed by atoms with van der Waals surface area (Å²) in [5, 5.41) is 17.7. The van der Waals surface area contributed by atoms with Crippen molar-refractivity contribution in [3.05, 3.63) is 32.4 Å². The molecule has 6 nitrogen and oxygen atoms in total. The van der Waals surface area contributed by atoms with Crippen molar-refractivity contribution < 1.29 is 9.90 Å². The van der Waals surface area contributed by atoms with Crippen LogP contribution in [0.4, 0.5) is 0 Å². The van der Waals surface area contributed by atoms with Gasteiger partial charge in [0.2, 0.25) is 0 Å². The van der Waals surface area contributed by atoms with Crippen LogP contribution in [0, 0.1) is 0 Å². The summed E-state index contributed by atoms with van der Waals surface area (Å²) in [4.78, 5) is 22.8. The highest BCUT2D eigenvalue weighted by molar-refractivity contribution is 7.98. The highest BCUT2D eigenvalue weighted by Crippen LogP contribution is 2.25. The van der Waals surface area contributed by atoms with Crippen molar-refractivity contribution in [2.75, 3.05) is 0 Å². The number of thioether (sulfide) groups is 1. The van der Waals surface area contributed by atoms with Gasteiger partial charge in [0.05, 0.1) is 0 Å². The van der Waals surface area contributed by atoms with E-state index in [0.717, 1.165) is 12.0 Å². The molecule has 0 amide bonds. The number of aromatic amines is 1. The second-order valence-corrected chi connectivity index (χ2v) is 5.69. The molecule has 0 aliphatic rings. The molecule has 2 rings (SSSR count). The van der Waals surface area contributed by atoms with Crippen molar-refractivity contribution in [2.45, 2.75) is 30.8 Å². The third kappa shape index (κ3) is 3.07. The van der Waals surface area contributed by atoms with Gasteiger partial charge in [-0.25, -0.2) is 14.7 Å². The Morgan fingerprint density at radius 1 is 1.63 bits per heavy atom. The van der Waals surface area contributed by atoms with Gasteiger partial charge in [0, 0.05) is 12.3 Å². The molecule has 0 spiro atoms. The third-order valence-electron chi connectivity index (χ3n) is 2.47. The Kier molecular flexibility index (Phi) is 4.43. The molecule has 0 saturated carbocycles. The molecule has 2 aromatic rings. The van der Waals surface area contributed by atoms with E-state index >= 15 is 0 Å². The van der Waals surface area contributed by atoms with E-state index < -0.39 is 5.97 Å². The van der Waals surface area contributed by atoms with E-state index in [2.05, 4.69) is 10.2 Å². The van der Waals surface area contributed by atoms with Crippen molar-refractivity contribution >= 4 is 29.1 Å². The van der Waals surface area contributed by atoms with E-state index in [4.69, 9.17) is 5.11 Å². The first kappa shape index (κ1) is 13.9. The monoisotopic (exact) mass is 299 g/mol. The molecule has 2 heterocycles. The Labute approximate surface area is 117 Å². The van der Waals surface area contributed by atoms with Crippen LogP contribution in [-0.2, 0) is 12.3 Å². The lowest BCUT2D eigenvalue weighted by Crippen LogP contribution is -2.17. The van der Waals surface area contributed by atoms with Gasteiger partial charge in [-0.15, -0.1) is 16.4 Å². The van der Waals surface area contributed by atoms with Crippen molar-refractivity contribution in [3.63, 3.8) is 0 Å². The van der Waals surface area contributed by atoms with E-state index in [1.165, 1.54) is 23.1 Å². The predicted octanol–water partition coefficient (Wildman–Crippen LogP) is 2.03. The Balaban J connectivity index is 2.12. The smallest absolute Gasteiger partial charge is 0.346 e. The van der Waals surface area contributed by atoms with Gasteiger partial charge in [0.25, 0.3) is 0 Å². The number of nitrogens with one attached hydrogen (secondary N) is 1. The Morgan fingerprint density at radius 2 is 2.42 bits per heavy atom. The zero-order valence-electron chi connectivity index (χ0n) is 10.3.